The maximum absolute atomic E-state index is 5.96. The Morgan fingerprint density at radius 1 is 1.21 bits per heavy atom. The number of rotatable bonds is 1. The van der Waals surface area contributed by atoms with Crippen LogP contribution >= 0.6 is 23.2 Å². The third kappa shape index (κ3) is 1.74. The fourth-order valence-electron chi connectivity index (χ4n) is 1.07. The maximum atomic E-state index is 5.96. The van der Waals surface area contributed by atoms with Crippen LogP contribution in [0.1, 0.15) is 5.89 Å². The van der Waals surface area contributed by atoms with Gasteiger partial charge in [-0.1, -0.05) is 23.2 Å². The molecule has 5 heteroatoms. The zero-order valence-electron chi connectivity index (χ0n) is 7.29. The Morgan fingerprint density at radius 3 is 2.57 bits per heavy atom. The molecule has 0 spiro atoms. The zero-order valence-corrected chi connectivity index (χ0v) is 8.80. The van der Waals surface area contributed by atoms with Crippen LogP contribution < -0.4 is 0 Å². The van der Waals surface area contributed by atoms with Crippen LogP contribution in [-0.2, 0) is 0 Å². The molecule has 0 fully saturated rings. The van der Waals surface area contributed by atoms with Gasteiger partial charge in [-0.05, 0) is 6.07 Å². The molecule has 0 N–H and O–H groups in total. The van der Waals surface area contributed by atoms with Crippen LogP contribution in [0.2, 0.25) is 10.2 Å². The molecule has 0 saturated carbocycles. The lowest BCUT2D eigenvalue weighted by atomic mass is 10.2. The highest BCUT2D eigenvalue weighted by Gasteiger charge is 2.09. The first-order valence-corrected chi connectivity index (χ1v) is 4.66. The van der Waals surface area contributed by atoms with E-state index in [1.54, 1.807) is 25.4 Å². The third-order valence-corrected chi connectivity index (χ3v) is 2.23. The Balaban J connectivity index is 2.52. The van der Waals surface area contributed by atoms with E-state index in [4.69, 9.17) is 27.6 Å². The van der Waals surface area contributed by atoms with E-state index >= 15 is 0 Å². The minimum absolute atomic E-state index is 0.356. The van der Waals surface area contributed by atoms with Gasteiger partial charge in [0.25, 0.3) is 0 Å². The number of aromatic nitrogens is 2. The Bertz CT molecular complexity index is 468. The smallest absolute Gasteiger partial charge is 0.191 e. The maximum Gasteiger partial charge on any atom is 0.191 e. The summed E-state index contributed by atoms with van der Waals surface area (Å²) in [4.78, 5) is 7.89. The first-order valence-electron chi connectivity index (χ1n) is 3.90. The van der Waals surface area contributed by atoms with E-state index in [0.717, 1.165) is 0 Å². The fraction of sp³-hybridized carbons (Fsp3) is 0.111. The second-order valence-corrected chi connectivity index (χ2v) is 3.52. The second kappa shape index (κ2) is 3.59. The van der Waals surface area contributed by atoms with Crippen molar-refractivity contribution in [3.05, 3.63) is 34.5 Å². The molecule has 2 aromatic rings. The molecular formula is C9H6Cl2N2O. The van der Waals surface area contributed by atoms with E-state index in [-0.39, 0.29) is 0 Å². The van der Waals surface area contributed by atoms with Crippen LogP contribution in [0.4, 0.5) is 0 Å². The molecule has 0 aliphatic heterocycles. The van der Waals surface area contributed by atoms with Gasteiger partial charge in [0.05, 0.1) is 16.8 Å². The summed E-state index contributed by atoms with van der Waals surface area (Å²) in [6.45, 7) is 1.76. The highest BCUT2D eigenvalue weighted by molar-refractivity contribution is 6.35. The predicted molar refractivity (Wildman–Crippen MR) is 54.5 cm³/mol. The van der Waals surface area contributed by atoms with Gasteiger partial charge in [0.2, 0.25) is 0 Å². The van der Waals surface area contributed by atoms with Crippen molar-refractivity contribution in [3.63, 3.8) is 0 Å². The van der Waals surface area contributed by atoms with Crippen molar-refractivity contribution in [2.24, 2.45) is 0 Å². The van der Waals surface area contributed by atoms with Crippen molar-refractivity contribution in [1.29, 1.82) is 0 Å². The summed E-state index contributed by atoms with van der Waals surface area (Å²) in [5.74, 6) is 1.18. The number of hydrogen-bond acceptors (Lipinski definition) is 3. The van der Waals surface area contributed by atoms with Crippen molar-refractivity contribution < 1.29 is 4.42 Å². The summed E-state index contributed by atoms with van der Waals surface area (Å²) in [5.41, 5.74) is 0.691. The Morgan fingerprint density at radius 2 is 2.00 bits per heavy atom. The van der Waals surface area contributed by atoms with Crippen LogP contribution in [0.25, 0.3) is 11.3 Å². The molecule has 14 heavy (non-hydrogen) atoms. The number of halogens is 2. The van der Waals surface area contributed by atoms with E-state index in [1.165, 1.54) is 0 Å². The molecule has 0 aliphatic rings. The van der Waals surface area contributed by atoms with Crippen molar-refractivity contribution in [1.82, 2.24) is 9.97 Å². The van der Waals surface area contributed by atoms with Gasteiger partial charge in [0.15, 0.2) is 11.7 Å². The minimum Gasteiger partial charge on any atom is -0.441 e. The molecule has 2 aromatic heterocycles. The van der Waals surface area contributed by atoms with Gasteiger partial charge in [-0.2, -0.15) is 0 Å². The van der Waals surface area contributed by atoms with Crippen LogP contribution in [0.5, 0.6) is 0 Å². The molecule has 0 amide bonds. The normalized spacial score (nSPS) is 10.5. The van der Waals surface area contributed by atoms with Gasteiger partial charge in [-0.25, -0.2) is 9.97 Å². The van der Waals surface area contributed by atoms with Crippen LogP contribution in [0, 0.1) is 6.92 Å². The van der Waals surface area contributed by atoms with E-state index < -0.39 is 0 Å². The largest absolute Gasteiger partial charge is 0.441 e. The summed E-state index contributed by atoms with van der Waals surface area (Å²) in [5, 5.41) is 0.858. The molecule has 2 heterocycles. The van der Waals surface area contributed by atoms with Gasteiger partial charge in [0, 0.05) is 13.1 Å². The molecule has 0 unspecified atom stereocenters. The zero-order chi connectivity index (χ0) is 10.1. The van der Waals surface area contributed by atoms with Crippen LogP contribution in [0.3, 0.4) is 0 Å². The fourth-order valence-corrected chi connectivity index (χ4v) is 1.53. The Kier molecular flexibility index (Phi) is 2.44. The van der Waals surface area contributed by atoms with E-state index in [2.05, 4.69) is 9.97 Å². The standard InChI is InChI=1S/C9H6Cl2N2O/c1-5-12-4-8(14-5)6-3-13-9(11)2-7(6)10/h2-4H,1H3. The summed E-state index contributed by atoms with van der Waals surface area (Å²) in [7, 11) is 0. The topological polar surface area (TPSA) is 38.9 Å². The number of pyridine rings is 1. The predicted octanol–water partition coefficient (Wildman–Crippen LogP) is 3.35. The number of nitrogens with zero attached hydrogens (tertiary/aromatic N) is 2. The van der Waals surface area contributed by atoms with Crippen molar-refractivity contribution in [2.45, 2.75) is 6.92 Å². The van der Waals surface area contributed by atoms with Gasteiger partial charge in [0.1, 0.15) is 5.15 Å². The molecule has 2 rings (SSSR count). The van der Waals surface area contributed by atoms with Crippen LogP contribution in [-0.4, -0.2) is 9.97 Å². The second-order valence-electron chi connectivity index (χ2n) is 2.73. The van der Waals surface area contributed by atoms with Gasteiger partial charge in [-0.3, -0.25) is 0 Å². The van der Waals surface area contributed by atoms with Gasteiger partial charge >= 0.3 is 0 Å². The van der Waals surface area contributed by atoms with Gasteiger partial charge in [-0.15, -0.1) is 0 Å². The monoisotopic (exact) mass is 228 g/mol. The number of hydrogen-bond donors (Lipinski definition) is 0. The molecule has 0 atom stereocenters. The average Bonchev–Trinajstić information content (AvgIpc) is 2.51. The summed E-state index contributed by atoms with van der Waals surface area (Å²) < 4.78 is 5.31. The highest BCUT2D eigenvalue weighted by atomic mass is 35.5. The molecule has 0 aliphatic carbocycles. The number of oxazole rings is 1. The first kappa shape index (κ1) is 9.49. The minimum atomic E-state index is 0.356. The summed E-state index contributed by atoms with van der Waals surface area (Å²) >= 11 is 11.6. The lowest BCUT2D eigenvalue weighted by Crippen LogP contribution is -1.80. The molecule has 0 saturated heterocycles. The van der Waals surface area contributed by atoms with Gasteiger partial charge < -0.3 is 4.42 Å². The number of aryl methyl sites for hydroxylation is 1. The van der Waals surface area contributed by atoms with Crippen molar-refractivity contribution in [3.8, 4) is 11.3 Å². The molecule has 72 valence electrons. The van der Waals surface area contributed by atoms with E-state index in [0.29, 0.717) is 27.4 Å². The summed E-state index contributed by atoms with van der Waals surface area (Å²) in [6.07, 6.45) is 3.16. The first-order chi connectivity index (χ1) is 6.66. The highest BCUT2D eigenvalue weighted by Crippen LogP contribution is 2.28. The van der Waals surface area contributed by atoms with E-state index in [9.17, 15) is 0 Å². The quantitative estimate of drug-likeness (QED) is 0.703. The Hall–Kier alpha value is -1.06. The van der Waals surface area contributed by atoms with Crippen LogP contribution in [0.15, 0.2) is 22.9 Å². The average molecular weight is 229 g/mol. The molecular weight excluding hydrogens is 223 g/mol. The SMILES string of the molecule is Cc1ncc(-c2cnc(Cl)cc2Cl)o1. The lowest BCUT2D eigenvalue weighted by molar-refractivity contribution is 0.534. The Labute approximate surface area is 90.7 Å². The summed E-state index contributed by atoms with van der Waals surface area (Å²) in [6, 6.07) is 1.57. The molecule has 0 bridgehead atoms. The molecule has 3 nitrogen and oxygen atoms in total. The van der Waals surface area contributed by atoms with Crippen molar-refractivity contribution in [2.75, 3.05) is 0 Å². The molecule has 0 aromatic carbocycles. The third-order valence-electron chi connectivity index (χ3n) is 1.71. The van der Waals surface area contributed by atoms with E-state index in [1.807, 2.05) is 0 Å². The molecule has 0 radical (unpaired) electrons. The van der Waals surface area contributed by atoms with Crippen molar-refractivity contribution >= 4 is 23.2 Å². The lowest BCUT2D eigenvalue weighted by Gasteiger charge is -1.98.